The van der Waals surface area contributed by atoms with E-state index in [-0.39, 0.29) is 17.2 Å². The molecule has 0 radical (unpaired) electrons. The standard InChI is InChI=1S/C19H30N2O2/c1-5-7-17(22)20-12-6-13-21-18(23)16-10-8-15(9-11-16)14-19(2,3)4/h8-11H,5-7,12-14H2,1-4H3,(H,20,22)(H,21,23). The van der Waals surface area contributed by atoms with Crippen LogP contribution in [0.25, 0.3) is 0 Å². The fraction of sp³-hybridized carbons (Fsp3) is 0.579. The van der Waals surface area contributed by atoms with Crippen LogP contribution in [0, 0.1) is 5.41 Å². The number of nitrogens with one attached hydrogen (secondary N) is 2. The largest absolute Gasteiger partial charge is 0.356 e. The molecule has 0 fully saturated rings. The van der Waals surface area contributed by atoms with E-state index in [9.17, 15) is 9.59 Å². The molecule has 0 spiro atoms. The number of hydrogen-bond donors (Lipinski definition) is 2. The van der Waals surface area contributed by atoms with Gasteiger partial charge in [-0.3, -0.25) is 9.59 Å². The van der Waals surface area contributed by atoms with Crippen LogP contribution in [-0.4, -0.2) is 24.9 Å². The predicted octanol–water partition coefficient (Wildman–Crippen LogP) is 3.31. The molecule has 1 aromatic carbocycles. The van der Waals surface area contributed by atoms with Crippen molar-refractivity contribution in [1.82, 2.24) is 10.6 Å². The minimum Gasteiger partial charge on any atom is -0.356 e. The zero-order valence-electron chi connectivity index (χ0n) is 14.9. The van der Waals surface area contributed by atoms with Gasteiger partial charge in [-0.1, -0.05) is 39.8 Å². The Hall–Kier alpha value is -1.84. The average molecular weight is 318 g/mol. The zero-order chi connectivity index (χ0) is 17.3. The Balaban J connectivity index is 2.31. The molecule has 0 saturated heterocycles. The molecule has 4 heteroatoms. The molecule has 0 atom stereocenters. The van der Waals surface area contributed by atoms with Gasteiger partial charge in [0.1, 0.15) is 0 Å². The minimum atomic E-state index is -0.0628. The smallest absolute Gasteiger partial charge is 0.251 e. The lowest BCUT2D eigenvalue weighted by atomic mass is 9.88. The van der Waals surface area contributed by atoms with Gasteiger partial charge in [-0.25, -0.2) is 0 Å². The van der Waals surface area contributed by atoms with Gasteiger partial charge >= 0.3 is 0 Å². The van der Waals surface area contributed by atoms with Crippen LogP contribution in [0.15, 0.2) is 24.3 Å². The molecular weight excluding hydrogens is 288 g/mol. The Labute approximate surface area is 140 Å². The van der Waals surface area contributed by atoms with Gasteiger partial charge in [0, 0.05) is 25.1 Å². The molecule has 0 aliphatic carbocycles. The lowest BCUT2D eigenvalue weighted by Crippen LogP contribution is -2.29. The van der Waals surface area contributed by atoms with Gasteiger partial charge in [0.2, 0.25) is 5.91 Å². The summed E-state index contributed by atoms with van der Waals surface area (Å²) in [6.45, 7) is 9.75. The summed E-state index contributed by atoms with van der Waals surface area (Å²) in [6, 6.07) is 7.79. The van der Waals surface area contributed by atoms with E-state index < -0.39 is 0 Å². The van der Waals surface area contributed by atoms with E-state index in [1.807, 2.05) is 31.2 Å². The summed E-state index contributed by atoms with van der Waals surface area (Å²) in [5.74, 6) is 0.0143. The monoisotopic (exact) mass is 318 g/mol. The Kier molecular flexibility index (Phi) is 7.79. The van der Waals surface area contributed by atoms with E-state index in [4.69, 9.17) is 0 Å². The quantitative estimate of drug-likeness (QED) is 0.723. The van der Waals surface area contributed by atoms with Crippen LogP contribution in [-0.2, 0) is 11.2 Å². The first-order valence-electron chi connectivity index (χ1n) is 8.45. The predicted molar refractivity (Wildman–Crippen MR) is 94.5 cm³/mol. The summed E-state index contributed by atoms with van der Waals surface area (Å²) in [6.07, 6.45) is 3.15. The molecule has 0 aliphatic heterocycles. The zero-order valence-corrected chi connectivity index (χ0v) is 14.9. The van der Waals surface area contributed by atoms with Crippen molar-refractivity contribution in [1.29, 1.82) is 0 Å². The van der Waals surface area contributed by atoms with E-state index in [2.05, 4.69) is 31.4 Å². The second kappa shape index (κ2) is 9.33. The summed E-state index contributed by atoms with van der Waals surface area (Å²) < 4.78 is 0. The molecule has 0 aliphatic rings. The Morgan fingerprint density at radius 3 is 2.17 bits per heavy atom. The third-order valence-corrected chi connectivity index (χ3v) is 3.39. The van der Waals surface area contributed by atoms with Gasteiger partial charge in [0.25, 0.3) is 5.91 Å². The first-order valence-corrected chi connectivity index (χ1v) is 8.45. The fourth-order valence-corrected chi connectivity index (χ4v) is 2.32. The highest BCUT2D eigenvalue weighted by Gasteiger charge is 2.12. The summed E-state index contributed by atoms with van der Waals surface area (Å²) in [5.41, 5.74) is 2.16. The van der Waals surface area contributed by atoms with Crippen molar-refractivity contribution in [3.05, 3.63) is 35.4 Å². The van der Waals surface area contributed by atoms with Crippen LogP contribution < -0.4 is 10.6 Å². The molecule has 0 unspecified atom stereocenters. The highest BCUT2D eigenvalue weighted by molar-refractivity contribution is 5.94. The topological polar surface area (TPSA) is 58.2 Å². The van der Waals surface area contributed by atoms with Crippen LogP contribution >= 0.6 is 0 Å². The summed E-state index contributed by atoms with van der Waals surface area (Å²) in [5, 5.41) is 5.72. The summed E-state index contributed by atoms with van der Waals surface area (Å²) in [4.78, 5) is 23.3. The number of hydrogen-bond acceptors (Lipinski definition) is 2. The Morgan fingerprint density at radius 1 is 1.00 bits per heavy atom. The molecule has 23 heavy (non-hydrogen) atoms. The van der Waals surface area contributed by atoms with E-state index in [1.165, 1.54) is 5.56 Å². The number of carbonyl (C=O) groups excluding carboxylic acids is 2. The second-order valence-corrected chi connectivity index (χ2v) is 7.14. The lowest BCUT2D eigenvalue weighted by molar-refractivity contribution is -0.121. The van der Waals surface area contributed by atoms with Crippen molar-refractivity contribution in [2.45, 2.75) is 53.4 Å². The molecule has 1 rings (SSSR count). The Bertz CT molecular complexity index is 501. The van der Waals surface area contributed by atoms with Crippen LogP contribution in [0.4, 0.5) is 0 Å². The first-order chi connectivity index (χ1) is 10.8. The fourth-order valence-electron chi connectivity index (χ4n) is 2.32. The molecule has 1 aromatic rings. The number of amides is 2. The summed E-state index contributed by atoms with van der Waals surface area (Å²) in [7, 11) is 0. The van der Waals surface area contributed by atoms with Gasteiger partial charge in [-0.05, 0) is 42.4 Å². The average Bonchev–Trinajstić information content (AvgIpc) is 2.46. The highest BCUT2D eigenvalue weighted by atomic mass is 16.2. The maximum absolute atomic E-state index is 12.0. The molecule has 128 valence electrons. The number of benzene rings is 1. The van der Waals surface area contributed by atoms with Crippen LogP contribution in [0.5, 0.6) is 0 Å². The molecular formula is C19H30N2O2. The molecule has 2 N–H and O–H groups in total. The van der Waals surface area contributed by atoms with E-state index in [1.54, 1.807) is 0 Å². The SMILES string of the molecule is CCCC(=O)NCCCNC(=O)c1ccc(CC(C)(C)C)cc1. The third-order valence-electron chi connectivity index (χ3n) is 3.39. The molecule has 0 aromatic heterocycles. The maximum Gasteiger partial charge on any atom is 0.251 e. The van der Waals surface area contributed by atoms with Crippen LogP contribution in [0.3, 0.4) is 0 Å². The lowest BCUT2D eigenvalue weighted by Gasteiger charge is -2.18. The Morgan fingerprint density at radius 2 is 1.61 bits per heavy atom. The van der Waals surface area contributed by atoms with E-state index >= 15 is 0 Å². The van der Waals surface area contributed by atoms with Crippen molar-refractivity contribution >= 4 is 11.8 Å². The van der Waals surface area contributed by atoms with Gasteiger partial charge in [0.05, 0.1) is 0 Å². The van der Waals surface area contributed by atoms with Crippen LogP contribution in [0.2, 0.25) is 0 Å². The van der Waals surface area contributed by atoms with Gasteiger partial charge < -0.3 is 10.6 Å². The van der Waals surface area contributed by atoms with E-state index in [0.717, 1.165) is 19.3 Å². The van der Waals surface area contributed by atoms with Crippen molar-refractivity contribution in [2.75, 3.05) is 13.1 Å². The van der Waals surface area contributed by atoms with Gasteiger partial charge in [-0.15, -0.1) is 0 Å². The van der Waals surface area contributed by atoms with Crippen molar-refractivity contribution in [2.24, 2.45) is 5.41 Å². The third kappa shape index (κ3) is 8.38. The maximum atomic E-state index is 12.0. The number of rotatable bonds is 8. The normalized spacial score (nSPS) is 11.1. The molecule has 2 amide bonds. The molecule has 0 heterocycles. The van der Waals surface area contributed by atoms with Gasteiger partial charge in [-0.2, -0.15) is 0 Å². The second-order valence-electron chi connectivity index (χ2n) is 7.14. The van der Waals surface area contributed by atoms with Crippen LogP contribution in [0.1, 0.15) is 62.9 Å². The molecule has 0 bridgehead atoms. The van der Waals surface area contributed by atoms with Crippen molar-refractivity contribution in [3.8, 4) is 0 Å². The van der Waals surface area contributed by atoms with Crippen molar-refractivity contribution in [3.63, 3.8) is 0 Å². The highest BCUT2D eigenvalue weighted by Crippen LogP contribution is 2.20. The van der Waals surface area contributed by atoms with Crippen molar-refractivity contribution < 1.29 is 9.59 Å². The minimum absolute atomic E-state index is 0.0628. The van der Waals surface area contributed by atoms with Gasteiger partial charge in [0.15, 0.2) is 0 Å². The molecule has 4 nitrogen and oxygen atoms in total. The molecule has 0 saturated carbocycles. The first kappa shape index (κ1) is 19.2. The van der Waals surface area contributed by atoms with E-state index in [0.29, 0.717) is 25.1 Å². The number of carbonyl (C=O) groups is 2. The summed E-state index contributed by atoms with van der Waals surface area (Å²) >= 11 is 0.